The maximum absolute atomic E-state index is 9.00. The maximum atomic E-state index is 9.00. The molecule has 1 aliphatic carbocycles. The summed E-state index contributed by atoms with van der Waals surface area (Å²) in [4.78, 5) is 0. The van der Waals surface area contributed by atoms with Crippen molar-refractivity contribution in [3.8, 4) is 0 Å². The predicted octanol–water partition coefficient (Wildman–Crippen LogP) is 0.357. The van der Waals surface area contributed by atoms with Gasteiger partial charge in [-0.15, -0.1) is 0 Å². The van der Waals surface area contributed by atoms with Crippen molar-refractivity contribution in [2.45, 2.75) is 12.5 Å². The van der Waals surface area contributed by atoms with E-state index in [1.54, 1.807) is 0 Å². The molecule has 0 aromatic carbocycles. The molecule has 0 aromatic rings. The summed E-state index contributed by atoms with van der Waals surface area (Å²) in [7, 11) is 0. The number of hydrogen-bond donors (Lipinski definition) is 3. The minimum absolute atomic E-state index is 0.0913. The highest BCUT2D eigenvalue weighted by atomic mass is 16.3. The highest BCUT2D eigenvalue weighted by Crippen LogP contribution is 2.22. The van der Waals surface area contributed by atoms with Crippen molar-refractivity contribution in [1.29, 1.82) is 0 Å². The van der Waals surface area contributed by atoms with E-state index in [1.165, 1.54) is 0 Å². The van der Waals surface area contributed by atoms with Crippen LogP contribution in [0.25, 0.3) is 0 Å². The lowest BCUT2D eigenvalue weighted by atomic mass is 9.88. The van der Waals surface area contributed by atoms with E-state index in [4.69, 9.17) is 15.9 Å². The SMILES string of the molecule is C=C(CO)C(N)C1=CC=CC(CO)C1. The first-order valence-corrected chi connectivity index (χ1v) is 4.71. The molecule has 0 amide bonds. The largest absolute Gasteiger partial charge is 0.396 e. The van der Waals surface area contributed by atoms with Gasteiger partial charge in [-0.3, -0.25) is 0 Å². The van der Waals surface area contributed by atoms with Crippen molar-refractivity contribution in [1.82, 2.24) is 0 Å². The lowest BCUT2D eigenvalue weighted by Gasteiger charge is -2.22. The molecule has 0 saturated carbocycles. The number of aliphatic hydroxyl groups excluding tert-OH is 2. The van der Waals surface area contributed by atoms with Crippen LogP contribution in [0.2, 0.25) is 0 Å². The van der Waals surface area contributed by atoms with Crippen molar-refractivity contribution in [2.75, 3.05) is 13.2 Å². The van der Waals surface area contributed by atoms with Crippen LogP contribution in [0.1, 0.15) is 6.42 Å². The van der Waals surface area contributed by atoms with Gasteiger partial charge in [-0.05, 0) is 17.6 Å². The van der Waals surface area contributed by atoms with E-state index in [-0.39, 0.29) is 25.2 Å². The van der Waals surface area contributed by atoms with E-state index in [1.807, 2.05) is 18.2 Å². The Hall–Kier alpha value is -0.900. The van der Waals surface area contributed by atoms with Crippen LogP contribution in [0.15, 0.2) is 36.0 Å². The number of rotatable bonds is 4. The lowest BCUT2D eigenvalue weighted by molar-refractivity contribution is 0.250. The Balaban J connectivity index is 2.65. The fourth-order valence-electron chi connectivity index (χ4n) is 1.49. The third-order valence-electron chi connectivity index (χ3n) is 2.47. The molecule has 3 nitrogen and oxygen atoms in total. The molecule has 0 aromatic heterocycles. The number of allylic oxidation sites excluding steroid dienone is 2. The molecule has 2 atom stereocenters. The van der Waals surface area contributed by atoms with Gasteiger partial charge in [0.25, 0.3) is 0 Å². The van der Waals surface area contributed by atoms with Gasteiger partial charge in [-0.25, -0.2) is 0 Å². The number of hydrogen-bond acceptors (Lipinski definition) is 3. The summed E-state index contributed by atoms with van der Waals surface area (Å²) in [5.41, 5.74) is 7.51. The molecule has 0 spiro atoms. The molecule has 1 aliphatic rings. The van der Waals surface area contributed by atoms with Crippen molar-refractivity contribution < 1.29 is 10.2 Å². The average molecular weight is 195 g/mol. The summed E-state index contributed by atoms with van der Waals surface area (Å²) in [5, 5.41) is 17.9. The van der Waals surface area contributed by atoms with E-state index >= 15 is 0 Å². The number of nitrogens with two attached hydrogens (primary N) is 1. The van der Waals surface area contributed by atoms with Gasteiger partial charge in [-0.1, -0.05) is 24.8 Å². The molecule has 0 bridgehead atoms. The molecule has 0 radical (unpaired) electrons. The van der Waals surface area contributed by atoms with E-state index in [0.29, 0.717) is 5.57 Å². The van der Waals surface area contributed by atoms with E-state index in [9.17, 15) is 0 Å². The highest BCUT2D eigenvalue weighted by Gasteiger charge is 2.17. The van der Waals surface area contributed by atoms with Gasteiger partial charge in [0.05, 0.1) is 6.61 Å². The minimum atomic E-state index is -0.293. The third-order valence-corrected chi connectivity index (χ3v) is 2.47. The summed E-state index contributed by atoms with van der Waals surface area (Å²) in [5.74, 6) is 0.146. The minimum Gasteiger partial charge on any atom is -0.396 e. The average Bonchev–Trinajstić information content (AvgIpc) is 2.27. The second-order valence-electron chi connectivity index (χ2n) is 3.57. The normalized spacial score (nSPS) is 23.1. The summed E-state index contributed by atoms with van der Waals surface area (Å²) in [6.07, 6.45) is 6.52. The monoisotopic (exact) mass is 195 g/mol. The molecule has 78 valence electrons. The molecule has 2 unspecified atom stereocenters. The van der Waals surface area contributed by atoms with Crippen molar-refractivity contribution in [3.63, 3.8) is 0 Å². The third kappa shape index (κ3) is 2.54. The Bertz CT molecular complexity index is 268. The topological polar surface area (TPSA) is 66.5 Å². The standard InChI is InChI=1S/C11H17NO2/c1-8(6-13)11(12)10-4-2-3-9(5-10)7-14/h2-4,9,11,13-14H,1,5-7,12H2. The van der Waals surface area contributed by atoms with Crippen LogP contribution >= 0.6 is 0 Å². The summed E-state index contributed by atoms with van der Waals surface area (Å²) in [6.45, 7) is 3.74. The van der Waals surface area contributed by atoms with Crippen LogP contribution in [0, 0.1) is 5.92 Å². The van der Waals surface area contributed by atoms with Crippen LogP contribution in [-0.2, 0) is 0 Å². The van der Waals surface area contributed by atoms with Gasteiger partial charge in [0.1, 0.15) is 0 Å². The van der Waals surface area contributed by atoms with Crippen molar-refractivity contribution >= 4 is 0 Å². The Morgan fingerprint density at radius 1 is 1.64 bits per heavy atom. The Kier molecular flexibility index (Phi) is 4.07. The molecule has 3 heteroatoms. The molecule has 4 N–H and O–H groups in total. The molecule has 1 rings (SSSR count). The zero-order valence-electron chi connectivity index (χ0n) is 8.19. The van der Waals surface area contributed by atoms with Gasteiger partial charge >= 0.3 is 0 Å². The van der Waals surface area contributed by atoms with Crippen molar-refractivity contribution in [2.24, 2.45) is 11.7 Å². The van der Waals surface area contributed by atoms with Crippen LogP contribution < -0.4 is 5.73 Å². The van der Waals surface area contributed by atoms with Gasteiger partial charge in [-0.2, -0.15) is 0 Å². The van der Waals surface area contributed by atoms with Gasteiger partial charge < -0.3 is 15.9 Å². The van der Waals surface area contributed by atoms with Gasteiger partial charge in [0.15, 0.2) is 0 Å². The predicted molar refractivity (Wildman–Crippen MR) is 56.6 cm³/mol. The van der Waals surface area contributed by atoms with Crippen LogP contribution in [-0.4, -0.2) is 29.5 Å². The molecule has 0 saturated heterocycles. The molecular weight excluding hydrogens is 178 g/mol. The zero-order valence-corrected chi connectivity index (χ0v) is 8.19. The quantitative estimate of drug-likeness (QED) is 0.567. The van der Waals surface area contributed by atoms with Crippen molar-refractivity contribution in [3.05, 3.63) is 36.0 Å². The fraction of sp³-hybridized carbons (Fsp3) is 0.455. The van der Waals surface area contributed by atoms with Gasteiger partial charge in [0, 0.05) is 18.6 Å². The van der Waals surface area contributed by atoms with E-state index in [0.717, 1.165) is 12.0 Å². The molecule has 0 heterocycles. The van der Waals surface area contributed by atoms with Crippen LogP contribution in [0.5, 0.6) is 0 Å². The first kappa shape index (κ1) is 11.2. The Morgan fingerprint density at radius 2 is 2.36 bits per heavy atom. The van der Waals surface area contributed by atoms with Crippen LogP contribution in [0.4, 0.5) is 0 Å². The first-order valence-electron chi connectivity index (χ1n) is 4.71. The molecule has 14 heavy (non-hydrogen) atoms. The van der Waals surface area contributed by atoms with Crippen LogP contribution in [0.3, 0.4) is 0 Å². The second-order valence-corrected chi connectivity index (χ2v) is 3.57. The Morgan fingerprint density at radius 3 is 2.93 bits per heavy atom. The number of aliphatic hydroxyl groups is 2. The van der Waals surface area contributed by atoms with Gasteiger partial charge in [0.2, 0.25) is 0 Å². The highest BCUT2D eigenvalue weighted by molar-refractivity contribution is 5.30. The van der Waals surface area contributed by atoms with E-state index < -0.39 is 0 Å². The van der Waals surface area contributed by atoms with E-state index in [2.05, 4.69) is 6.58 Å². The smallest absolute Gasteiger partial charge is 0.0657 e. The second kappa shape index (κ2) is 5.10. The molecular formula is C11H17NO2. The first-order chi connectivity index (χ1) is 6.69. The molecule has 0 aliphatic heterocycles. The maximum Gasteiger partial charge on any atom is 0.0657 e. The summed E-state index contributed by atoms with van der Waals surface area (Å²) in [6, 6.07) is -0.293. The summed E-state index contributed by atoms with van der Waals surface area (Å²) < 4.78 is 0. The Labute approximate surface area is 84.2 Å². The zero-order chi connectivity index (χ0) is 10.6. The fourth-order valence-corrected chi connectivity index (χ4v) is 1.49. The summed E-state index contributed by atoms with van der Waals surface area (Å²) >= 11 is 0. The molecule has 0 fully saturated rings. The lowest BCUT2D eigenvalue weighted by Crippen LogP contribution is -2.28.